The van der Waals surface area contributed by atoms with Crippen molar-refractivity contribution in [3.05, 3.63) is 40.6 Å². The summed E-state index contributed by atoms with van der Waals surface area (Å²) in [5, 5.41) is 6.65. The normalized spacial score (nSPS) is 10.4. The number of hydrogen-bond acceptors (Lipinski definition) is 5. The number of carbonyl (C=O) groups excluding carboxylic acids is 2. The second kappa shape index (κ2) is 7.83. The lowest BCUT2D eigenvalue weighted by molar-refractivity contribution is -0.118. The van der Waals surface area contributed by atoms with Gasteiger partial charge >= 0.3 is 5.97 Å². The number of nitrogens with zero attached hydrogens (tertiary/aromatic N) is 2. The molecule has 0 atom stereocenters. The van der Waals surface area contributed by atoms with Crippen LogP contribution >= 0.6 is 0 Å². The molecule has 25 heavy (non-hydrogen) atoms. The number of carbonyl (C=O) groups is 2. The molecule has 1 N–H and O–H groups in total. The van der Waals surface area contributed by atoms with Gasteiger partial charge in [0.1, 0.15) is 17.1 Å². The van der Waals surface area contributed by atoms with Crippen molar-refractivity contribution in [2.24, 2.45) is 7.05 Å². The van der Waals surface area contributed by atoms with E-state index in [0.717, 1.165) is 16.7 Å². The maximum absolute atomic E-state index is 12.2. The minimum absolute atomic E-state index is 0.168. The van der Waals surface area contributed by atoms with Crippen molar-refractivity contribution in [3.63, 3.8) is 0 Å². The molecular formula is C18H23N3O4. The van der Waals surface area contributed by atoms with Gasteiger partial charge in [0.2, 0.25) is 0 Å². The number of benzene rings is 1. The van der Waals surface area contributed by atoms with Gasteiger partial charge in [0.05, 0.1) is 12.8 Å². The lowest BCUT2D eigenvalue weighted by Gasteiger charge is -2.14. The zero-order valence-electron chi connectivity index (χ0n) is 15.2. The Morgan fingerprint density at radius 3 is 2.56 bits per heavy atom. The summed E-state index contributed by atoms with van der Waals surface area (Å²) in [5.74, 6) is 0.0714. The van der Waals surface area contributed by atoms with E-state index < -0.39 is 5.97 Å². The second-order valence-electron chi connectivity index (χ2n) is 5.74. The van der Waals surface area contributed by atoms with Crippen LogP contribution < -0.4 is 10.1 Å². The molecule has 2 aromatic rings. The summed E-state index contributed by atoms with van der Waals surface area (Å²) in [6, 6.07) is 3.97. The van der Waals surface area contributed by atoms with Crippen LogP contribution in [0.3, 0.4) is 0 Å². The standard InChI is InChI=1S/C18H23N3O4/c1-6-24-18(23)14-9-19-21(5)17(14)20-15(22)10-25-16-12(3)8-7-11(2)13(16)4/h7-9H,6,10H2,1-5H3,(H,20,22). The first-order valence-electron chi connectivity index (χ1n) is 8.03. The summed E-state index contributed by atoms with van der Waals surface area (Å²) in [5.41, 5.74) is 3.27. The van der Waals surface area contributed by atoms with E-state index >= 15 is 0 Å². The van der Waals surface area contributed by atoms with Gasteiger partial charge in [-0.15, -0.1) is 0 Å². The van der Waals surface area contributed by atoms with Crippen molar-refractivity contribution in [1.82, 2.24) is 9.78 Å². The van der Waals surface area contributed by atoms with Crippen LogP contribution in [0.1, 0.15) is 34.0 Å². The highest BCUT2D eigenvalue weighted by atomic mass is 16.5. The van der Waals surface area contributed by atoms with Gasteiger partial charge in [-0.25, -0.2) is 4.79 Å². The fourth-order valence-corrected chi connectivity index (χ4v) is 2.40. The molecule has 1 aromatic carbocycles. The van der Waals surface area contributed by atoms with Gasteiger partial charge < -0.3 is 14.8 Å². The Balaban J connectivity index is 2.08. The summed E-state index contributed by atoms with van der Waals surface area (Å²) in [6.45, 7) is 7.67. The molecule has 1 heterocycles. The van der Waals surface area contributed by atoms with Crippen molar-refractivity contribution >= 4 is 17.7 Å². The Hall–Kier alpha value is -2.83. The smallest absolute Gasteiger partial charge is 0.343 e. The van der Waals surface area contributed by atoms with Gasteiger partial charge in [-0.2, -0.15) is 5.10 Å². The molecule has 134 valence electrons. The van der Waals surface area contributed by atoms with Gasteiger partial charge in [0.15, 0.2) is 6.61 Å². The molecule has 0 radical (unpaired) electrons. The molecule has 0 fully saturated rings. The largest absolute Gasteiger partial charge is 0.483 e. The van der Waals surface area contributed by atoms with Crippen molar-refractivity contribution in [2.75, 3.05) is 18.5 Å². The number of aryl methyl sites for hydroxylation is 3. The van der Waals surface area contributed by atoms with E-state index in [4.69, 9.17) is 9.47 Å². The highest BCUT2D eigenvalue weighted by molar-refractivity contribution is 6.00. The minimum Gasteiger partial charge on any atom is -0.483 e. The van der Waals surface area contributed by atoms with E-state index in [1.807, 2.05) is 32.9 Å². The Morgan fingerprint density at radius 2 is 1.88 bits per heavy atom. The van der Waals surface area contributed by atoms with E-state index in [9.17, 15) is 9.59 Å². The summed E-state index contributed by atoms with van der Waals surface area (Å²) in [7, 11) is 1.63. The predicted octanol–water partition coefficient (Wildman–Crippen LogP) is 2.54. The highest BCUT2D eigenvalue weighted by Crippen LogP contribution is 2.25. The Morgan fingerprint density at radius 1 is 1.20 bits per heavy atom. The number of aromatic nitrogens is 2. The molecule has 7 heteroatoms. The van der Waals surface area contributed by atoms with E-state index in [1.165, 1.54) is 10.9 Å². The minimum atomic E-state index is -0.530. The van der Waals surface area contributed by atoms with Crippen LogP contribution in [-0.4, -0.2) is 34.9 Å². The third-order valence-electron chi connectivity index (χ3n) is 3.91. The maximum Gasteiger partial charge on any atom is 0.343 e. The summed E-state index contributed by atoms with van der Waals surface area (Å²) < 4.78 is 12.1. The van der Waals surface area contributed by atoms with Gasteiger partial charge in [-0.05, 0) is 44.4 Å². The Kier molecular flexibility index (Phi) is 5.80. The van der Waals surface area contributed by atoms with Crippen LogP contribution in [-0.2, 0) is 16.6 Å². The quantitative estimate of drug-likeness (QED) is 0.814. The average molecular weight is 345 g/mol. The fraction of sp³-hybridized carbons (Fsp3) is 0.389. The van der Waals surface area contributed by atoms with Gasteiger partial charge in [0, 0.05) is 7.05 Å². The van der Waals surface area contributed by atoms with Crippen LogP contribution in [0.15, 0.2) is 18.3 Å². The lowest BCUT2D eigenvalue weighted by Crippen LogP contribution is -2.23. The zero-order chi connectivity index (χ0) is 18.6. The van der Waals surface area contributed by atoms with Crippen LogP contribution in [0.5, 0.6) is 5.75 Å². The number of amides is 1. The molecule has 0 saturated heterocycles. The monoisotopic (exact) mass is 345 g/mol. The number of nitrogens with one attached hydrogen (secondary N) is 1. The number of anilines is 1. The molecule has 0 aliphatic rings. The second-order valence-corrected chi connectivity index (χ2v) is 5.74. The number of hydrogen-bond donors (Lipinski definition) is 1. The first-order valence-corrected chi connectivity index (χ1v) is 8.03. The van der Waals surface area contributed by atoms with E-state index in [1.54, 1.807) is 14.0 Å². The third-order valence-corrected chi connectivity index (χ3v) is 3.91. The molecule has 0 unspecified atom stereocenters. The molecule has 1 aromatic heterocycles. The topological polar surface area (TPSA) is 82.5 Å². The van der Waals surface area contributed by atoms with Crippen molar-refractivity contribution < 1.29 is 19.1 Å². The van der Waals surface area contributed by atoms with E-state index in [2.05, 4.69) is 10.4 Å². The van der Waals surface area contributed by atoms with Crippen LogP contribution in [0, 0.1) is 20.8 Å². The SMILES string of the molecule is CCOC(=O)c1cnn(C)c1NC(=O)COc1c(C)ccc(C)c1C. The van der Waals surface area contributed by atoms with Gasteiger partial charge in [-0.3, -0.25) is 9.48 Å². The van der Waals surface area contributed by atoms with Gasteiger partial charge in [0.25, 0.3) is 5.91 Å². The molecule has 0 aliphatic heterocycles. The zero-order valence-corrected chi connectivity index (χ0v) is 15.2. The fourth-order valence-electron chi connectivity index (χ4n) is 2.40. The highest BCUT2D eigenvalue weighted by Gasteiger charge is 2.19. The molecule has 7 nitrogen and oxygen atoms in total. The molecular weight excluding hydrogens is 322 g/mol. The Labute approximate surface area is 146 Å². The number of esters is 1. The number of rotatable bonds is 6. The molecule has 0 aliphatic carbocycles. The first-order chi connectivity index (χ1) is 11.8. The molecule has 0 saturated carbocycles. The molecule has 2 rings (SSSR count). The van der Waals surface area contributed by atoms with E-state index in [-0.39, 0.29) is 30.5 Å². The molecule has 0 bridgehead atoms. The van der Waals surface area contributed by atoms with Crippen molar-refractivity contribution in [2.45, 2.75) is 27.7 Å². The summed E-state index contributed by atoms with van der Waals surface area (Å²) in [6.07, 6.45) is 1.36. The van der Waals surface area contributed by atoms with Crippen LogP contribution in [0.25, 0.3) is 0 Å². The third kappa shape index (κ3) is 4.17. The first kappa shape index (κ1) is 18.5. The Bertz CT molecular complexity index is 796. The number of ether oxygens (including phenoxy) is 2. The van der Waals surface area contributed by atoms with Crippen LogP contribution in [0.4, 0.5) is 5.82 Å². The maximum atomic E-state index is 12.2. The molecule has 0 spiro atoms. The van der Waals surface area contributed by atoms with Crippen LogP contribution in [0.2, 0.25) is 0 Å². The summed E-state index contributed by atoms with van der Waals surface area (Å²) in [4.78, 5) is 24.2. The molecule has 1 amide bonds. The lowest BCUT2D eigenvalue weighted by atomic mass is 10.1. The average Bonchev–Trinajstić information content (AvgIpc) is 2.92. The summed E-state index contributed by atoms with van der Waals surface area (Å²) >= 11 is 0. The van der Waals surface area contributed by atoms with Gasteiger partial charge in [-0.1, -0.05) is 12.1 Å². The van der Waals surface area contributed by atoms with E-state index in [0.29, 0.717) is 5.75 Å². The predicted molar refractivity (Wildman–Crippen MR) is 93.9 cm³/mol. The van der Waals surface area contributed by atoms with Crippen molar-refractivity contribution in [1.29, 1.82) is 0 Å². The van der Waals surface area contributed by atoms with Crippen molar-refractivity contribution in [3.8, 4) is 5.75 Å².